The normalized spacial score (nSPS) is 10.7. The Morgan fingerprint density at radius 1 is 1.35 bits per heavy atom. The van der Waals surface area contributed by atoms with Crippen LogP contribution in [0.15, 0.2) is 18.5 Å². The smallest absolute Gasteiger partial charge is 0.148 e. The second kappa shape index (κ2) is 7.33. The van der Waals surface area contributed by atoms with Crippen LogP contribution in [0.4, 0.5) is 5.82 Å². The van der Waals surface area contributed by atoms with Crippen LogP contribution in [0.2, 0.25) is 0 Å². The number of nitrogens with one attached hydrogen (secondary N) is 1. The lowest BCUT2D eigenvalue weighted by molar-refractivity contribution is 0.475. The first kappa shape index (κ1) is 16.6. The van der Waals surface area contributed by atoms with Gasteiger partial charge in [-0.2, -0.15) is 10.2 Å². The molecule has 0 aliphatic heterocycles. The summed E-state index contributed by atoms with van der Waals surface area (Å²) in [7, 11) is 0. The average Bonchev–Trinajstić information content (AvgIpc) is 2.94. The van der Waals surface area contributed by atoms with Gasteiger partial charge in [0.05, 0.1) is 6.20 Å². The van der Waals surface area contributed by atoms with Crippen LogP contribution < -0.4 is 5.32 Å². The van der Waals surface area contributed by atoms with Gasteiger partial charge in [0, 0.05) is 43.2 Å². The number of nitrogens with zero attached hydrogens (tertiary/aromatic N) is 4. The molecular formula is C14H24ClN5. The van der Waals surface area contributed by atoms with Crippen molar-refractivity contribution in [3.63, 3.8) is 0 Å². The molecule has 0 amide bonds. The van der Waals surface area contributed by atoms with Gasteiger partial charge in [-0.25, -0.2) is 0 Å². The van der Waals surface area contributed by atoms with Gasteiger partial charge in [0.25, 0.3) is 0 Å². The summed E-state index contributed by atoms with van der Waals surface area (Å²) in [6.45, 7) is 11.2. The van der Waals surface area contributed by atoms with Crippen LogP contribution in [0.1, 0.15) is 32.0 Å². The summed E-state index contributed by atoms with van der Waals surface area (Å²) in [4.78, 5) is 0. The van der Waals surface area contributed by atoms with Crippen LogP contribution in [0.5, 0.6) is 0 Å². The third-order valence-electron chi connectivity index (χ3n) is 3.00. The topological polar surface area (TPSA) is 47.7 Å². The zero-order valence-electron chi connectivity index (χ0n) is 12.6. The molecule has 0 atom stereocenters. The molecule has 2 aromatic heterocycles. The molecular weight excluding hydrogens is 274 g/mol. The van der Waals surface area contributed by atoms with E-state index < -0.39 is 0 Å². The molecule has 6 heteroatoms. The molecule has 2 aromatic rings. The highest BCUT2D eigenvalue weighted by Gasteiger charge is 2.06. The maximum Gasteiger partial charge on any atom is 0.148 e. The van der Waals surface area contributed by atoms with Gasteiger partial charge in [-0.3, -0.25) is 9.36 Å². The fourth-order valence-corrected chi connectivity index (χ4v) is 1.99. The minimum absolute atomic E-state index is 0. The molecule has 0 radical (unpaired) electrons. The summed E-state index contributed by atoms with van der Waals surface area (Å²) in [5.41, 5.74) is 2.37. The number of hydrogen-bond acceptors (Lipinski definition) is 3. The Bertz CT molecular complexity index is 529. The Balaban J connectivity index is 0.00000200. The Hall–Kier alpha value is -1.49. The van der Waals surface area contributed by atoms with Crippen LogP contribution in [0.25, 0.3) is 0 Å². The number of halogens is 1. The summed E-state index contributed by atoms with van der Waals surface area (Å²) in [6, 6.07) is 2.09. The van der Waals surface area contributed by atoms with Gasteiger partial charge in [0.2, 0.25) is 0 Å². The molecule has 1 N–H and O–H groups in total. The molecule has 0 aliphatic rings. The van der Waals surface area contributed by atoms with Crippen molar-refractivity contribution in [3.05, 3.63) is 29.7 Å². The van der Waals surface area contributed by atoms with E-state index in [0.29, 0.717) is 5.92 Å². The SMILES string of the molecule is CCn1cc(CNc2cc(C)n(CC(C)C)n2)cn1.Cl. The fourth-order valence-electron chi connectivity index (χ4n) is 1.99. The lowest BCUT2D eigenvalue weighted by atomic mass is 10.2. The molecule has 0 bridgehead atoms. The predicted molar refractivity (Wildman–Crippen MR) is 84.3 cm³/mol. The minimum Gasteiger partial charge on any atom is -0.364 e. The number of anilines is 1. The van der Waals surface area contributed by atoms with E-state index in [9.17, 15) is 0 Å². The molecule has 0 fully saturated rings. The van der Waals surface area contributed by atoms with Crippen molar-refractivity contribution in [2.24, 2.45) is 5.92 Å². The van der Waals surface area contributed by atoms with E-state index in [1.807, 2.05) is 10.9 Å². The Morgan fingerprint density at radius 3 is 2.70 bits per heavy atom. The number of aromatic nitrogens is 4. The van der Waals surface area contributed by atoms with Crippen molar-refractivity contribution < 1.29 is 0 Å². The fraction of sp³-hybridized carbons (Fsp3) is 0.571. The zero-order valence-corrected chi connectivity index (χ0v) is 13.4. The van der Waals surface area contributed by atoms with Crippen LogP contribution in [-0.4, -0.2) is 19.6 Å². The van der Waals surface area contributed by atoms with Crippen molar-refractivity contribution in [2.75, 3.05) is 5.32 Å². The zero-order chi connectivity index (χ0) is 13.8. The first-order valence-corrected chi connectivity index (χ1v) is 6.88. The van der Waals surface area contributed by atoms with Crippen LogP contribution >= 0.6 is 12.4 Å². The standard InChI is InChI=1S/C14H23N5.ClH/c1-5-18-10-13(8-16-18)7-15-14-6-12(4)19(17-14)9-11(2)3;/h6,8,10-11H,5,7,9H2,1-4H3,(H,15,17);1H. The van der Waals surface area contributed by atoms with E-state index in [2.05, 4.69) is 60.2 Å². The number of hydrogen-bond donors (Lipinski definition) is 1. The molecule has 0 saturated heterocycles. The predicted octanol–water partition coefficient (Wildman–Crippen LogP) is 3.10. The summed E-state index contributed by atoms with van der Waals surface area (Å²) in [6.07, 6.45) is 3.96. The molecule has 0 saturated carbocycles. The molecule has 0 spiro atoms. The van der Waals surface area contributed by atoms with Gasteiger partial charge >= 0.3 is 0 Å². The Labute approximate surface area is 126 Å². The van der Waals surface area contributed by atoms with Crippen LogP contribution in [0.3, 0.4) is 0 Å². The highest BCUT2D eigenvalue weighted by Crippen LogP contribution is 2.12. The van der Waals surface area contributed by atoms with E-state index in [0.717, 1.165) is 25.5 Å². The molecule has 0 aliphatic carbocycles. The molecule has 0 unspecified atom stereocenters. The van der Waals surface area contributed by atoms with Gasteiger partial charge in [0.1, 0.15) is 5.82 Å². The average molecular weight is 298 g/mol. The second-order valence-electron chi connectivity index (χ2n) is 5.30. The maximum absolute atomic E-state index is 4.57. The van der Waals surface area contributed by atoms with E-state index in [-0.39, 0.29) is 12.4 Å². The summed E-state index contributed by atoms with van der Waals surface area (Å²) < 4.78 is 3.99. The highest BCUT2D eigenvalue weighted by atomic mass is 35.5. The van der Waals surface area contributed by atoms with Crippen molar-refractivity contribution in [1.29, 1.82) is 0 Å². The molecule has 0 aromatic carbocycles. The first-order chi connectivity index (χ1) is 9.08. The summed E-state index contributed by atoms with van der Waals surface area (Å²) >= 11 is 0. The Morgan fingerprint density at radius 2 is 2.10 bits per heavy atom. The monoisotopic (exact) mass is 297 g/mol. The third kappa shape index (κ3) is 4.27. The van der Waals surface area contributed by atoms with E-state index in [1.54, 1.807) is 0 Å². The number of rotatable bonds is 6. The second-order valence-corrected chi connectivity index (χ2v) is 5.30. The molecule has 5 nitrogen and oxygen atoms in total. The molecule has 2 heterocycles. The van der Waals surface area contributed by atoms with Gasteiger partial charge < -0.3 is 5.32 Å². The summed E-state index contributed by atoms with van der Waals surface area (Å²) in [5, 5.41) is 12.2. The number of aryl methyl sites for hydroxylation is 2. The lowest BCUT2D eigenvalue weighted by Gasteiger charge is -2.06. The summed E-state index contributed by atoms with van der Waals surface area (Å²) in [5.74, 6) is 1.54. The van der Waals surface area contributed by atoms with E-state index in [4.69, 9.17) is 0 Å². The first-order valence-electron chi connectivity index (χ1n) is 6.88. The maximum atomic E-state index is 4.57. The van der Waals surface area contributed by atoms with Crippen LogP contribution in [-0.2, 0) is 19.6 Å². The molecule has 112 valence electrons. The van der Waals surface area contributed by atoms with Gasteiger partial charge in [-0.1, -0.05) is 13.8 Å². The largest absolute Gasteiger partial charge is 0.364 e. The van der Waals surface area contributed by atoms with Crippen molar-refractivity contribution in [1.82, 2.24) is 19.6 Å². The third-order valence-corrected chi connectivity index (χ3v) is 3.00. The van der Waals surface area contributed by atoms with E-state index in [1.165, 1.54) is 11.3 Å². The quantitative estimate of drug-likeness (QED) is 0.891. The van der Waals surface area contributed by atoms with Gasteiger partial charge in [0.15, 0.2) is 0 Å². The van der Waals surface area contributed by atoms with Crippen molar-refractivity contribution in [2.45, 2.75) is 47.3 Å². The van der Waals surface area contributed by atoms with Gasteiger partial charge in [-0.15, -0.1) is 12.4 Å². The minimum atomic E-state index is 0. The molecule has 2 rings (SSSR count). The lowest BCUT2D eigenvalue weighted by Crippen LogP contribution is -2.08. The van der Waals surface area contributed by atoms with Crippen LogP contribution in [0, 0.1) is 12.8 Å². The molecule has 20 heavy (non-hydrogen) atoms. The highest BCUT2D eigenvalue weighted by molar-refractivity contribution is 5.85. The Kier molecular flexibility index (Phi) is 6.07. The van der Waals surface area contributed by atoms with Crippen molar-refractivity contribution in [3.8, 4) is 0 Å². The van der Waals surface area contributed by atoms with E-state index >= 15 is 0 Å². The van der Waals surface area contributed by atoms with Crippen molar-refractivity contribution >= 4 is 18.2 Å². The van der Waals surface area contributed by atoms with Gasteiger partial charge in [-0.05, 0) is 19.8 Å².